The maximum Gasteiger partial charge on any atom is 0.344 e. The van der Waals surface area contributed by atoms with Crippen molar-refractivity contribution in [2.75, 3.05) is 19.5 Å². The van der Waals surface area contributed by atoms with Gasteiger partial charge in [-0.2, -0.15) is 0 Å². The fourth-order valence-corrected chi connectivity index (χ4v) is 3.23. The summed E-state index contributed by atoms with van der Waals surface area (Å²) in [5.41, 5.74) is 0. The number of hydrogen-bond donors (Lipinski definition) is 0. The molecule has 0 aliphatic heterocycles. The van der Waals surface area contributed by atoms with E-state index in [0.717, 1.165) is 0 Å². The normalized spacial score (nSPS) is 15.2. The minimum absolute atomic E-state index is 0.282. The molecule has 0 aliphatic rings. The van der Waals surface area contributed by atoms with Crippen molar-refractivity contribution >= 4 is 39.5 Å². The first-order valence-corrected chi connectivity index (χ1v) is 6.17. The van der Waals surface area contributed by atoms with Crippen LogP contribution >= 0.6 is 39.5 Å². The predicted octanol–water partition coefficient (Wildman–Crippen LogP) is 2.59. The molecule has 0 rings (SSSR count). The topological polar surface area (TPSA) is 35.5 Å². The Morgan fingerprint density at radius 1 is 1.50 bits per heavy atom. The van der Waals surface area contributed by atoms with E-state index < -0.39 is 7.60 Å². The predicted molar refractivity (Wildman–Crippen MR) is 48.1 cm³/mol. The number of alkyl halides is 2. The van der Waals surface area contributed by atoms with Crippen molar-refractivity contribution in [3.63, 3.8) is 0 Å². The van der Waals surface area contributed by atoms with Gasteiger partial charge in [-0.05, 0) is 0 Å². The van der Waals surface area contributed by atoms with Gasteiger partial charge in [0, 0.05) is 19.5 Å². The lowest BCUT2D eigenvalue weighted by atomic mass is 11.0. The van der Waals surface area contributed by atoms with Crippen molar-refractivity contribution in [2.24, 2.45) is 0 Å². The van der Waals surface area contributed by atoms with E-state index in [2.05, 4.69) is 31.9 Å². The van der Waals surface area contributed by atoms with Gasteiger partial charge in [-0.25, -0.2) is 0 Å². The van der Waals surface area contributed by atoms with E-state index in [9.17, 15) is 4.57 Å². The second-order valence-corrected chi connectivity index (χ2v) is 6.39. The number of hydrogen-bond acceptors (Lipinski definition) is 3. The molecule has 0 saturated carbocycles. The Bertz CT molecular complexity index is 132. The first kappa shape index (κ1) is 11.1. The Balaban J connectivity index is 4.18. The van der Waals surface area contributed by atoms with Gasteiger partial charge in [0.2, 0.25) is 0 Å². The highest BCUT2D eigenvalue weighted by Crippen LogP contribution is 2.54. The van der Waals surface area contributed by atoms with Crippen LogP contribution in [0.4, 0.5) is 0 Å². The van der Waals surface area contributed by atoms with E-state index >= 15 is 0 Å². The van der Waals surface area contributed by atoms with Gasteiger partial charge >= 0.3 is 7.60 Å². The Kier molecular flexibility index (Phi) is 5.42. The molecule has 0 spiro atoms. The highest BCUT2D eigenvalue weighted by atomic mass is 79.9. The van der Waals surface area contributed by atoms with Crippen LogP contribution in [-0.2, 0) is 13.6 Å². The molecule has 0 fully saturated rings. The molecule has 1 unspecified atom stereocenters. The Hall–Kier alpha value is 1.11. The van der Waals surface area contributed by atoms with Crippen molar-refractivity contribution in [3.05, 3.63) is 0 Å². The Morgan fingerprint density at radius 2 is 1.90 bits per heavy atom. The molecule has 0 N–H and O–H groups in total. The molecule has 0 radical (unpaired) electrons. The molecular formula is C4H9Br2O3P. The molecule has 6 heteroatoms. The highest BCUT2D eigenvalue weighted by molar-refractivity contribution is 9.13. The third-order valence-corrected chi connectivity index (χ3v) is 6.71. The maximum absolute atomic E-state index is 11.4. The van der Waals surface area contributed by atoms with Gasteiger partial charge < -0.3 is 9.05 Å². The van der Waals surface area contributed by atoms with Crippen LogP contribution in [0.2, 0.25) is 0 Å². The first-order valence-electron chi connectivity index (χ1n) is 2.52. The van der Waals surface area contributed by atoms with Crippen molar-refractivity contribution in [1.29, 1.82) is 0 Å². The molecule has 0 bridgehead atoms. The van der Waals surface area contributed by atoms with E-state index in [1.807, 2.05) is 0 Å². The summed E-state index contributed by atoms with van der Waals surface area (Å²) < 4.78 is 20.5. The second-order valence-electron chi connectivity index (χ2n) is 1.49. The first-order chi connectivity index (χ1) is 4.60. The van der Waals surface area contributed by atoms with E-state index in [1.54, 1.807) is 0 Å². The summed E-state index contributed by atoms with van der Waals surface area (Å²) >= 11 is 6.31. The summed E-state index contributed by atoms with van der Waals surface area (Å²) in [6.45, 7) is 0. The molecule has 0 heterocycles. The van der Waals surface area contributed by atoms with Gasteiger partial charge in [0.1, 0.15) is 4.57 Å². The Labute approximate surface area is 77.3 Å². The van der Waals surface area contributed by atoms with Crippen molar-refractivity contribution < 1.29 is 13.6 Å². The molecule has 10 heavy (non-hydrogen) atoms. The summed E-state index contributed by atoms with van der Waals surface area (Å²) in [6, 6.07) is 0. The monoisotopic (exact) mass is 294 g/mol. The van der Waals surface area contributed by atoms with E-state index in [1.165, 1.54) is 14.2 Å². The average molecular weight is 296 g/mol. The average Bonchev–Trinajstić information content (AvgIpc) is 2.01. The molecule has 3 nitrogen and oxygen atoms in total. The van der Waals surface area contributed by atoms with Gasteiger partial charge in [0.15, 0.2) is 0 Å². The molecule has 0 aromatic heterocycles. The van der Waals surface area contributed by atoms with E-state index in [0.29, 0.717) is 5.33 Å². The van der Waals surface area contributed by atoms with Crippen LogP contribution in [0, 0.1) is 0 Å². The van der Waals surface area contributed by atoms with Gasteiger partial charge in [-0.1, -0.05) is 31.9 Å². The SMILES string of the molecule is COP(=O)(OC)C(Br)CBr. The largest absolute Gasteiger partial charge is 0.344 e. The summed E-state index contributed by atoms with van der Waals surface area (Å²) in [5.74, 6) is 0. The van der Waals surface area contributed by atoms with Crippen LogP contribution in [0.25, 0.3) is 0 Å². The van der Waals surface area contributed by atoms with Crippen LogP contribution in [0.15, 0.2) is 0 Å². The van der Waals surface area contributed by atoms with E-state index in [4.69, 9.17) is 9.05 Å². The molecule has 0 aromatic rings. The Morgan fingerprint density at radius 3 is 2.00 bits per heavy atom. The molecule has 0 amide bonds. The lowest BCUT2D eigenvalue weighted by Crippen LogP contribution is -2.04. The smallest absolute Gasteiger partial charge is 0.311 e. The zero-order valence-corrected chi connectivity index (χ0v) is 9.78. The number of rotatable bonds is 4. The van der Waals surface area contributed by atoms with Crippen LogP contribution in [0.5, 0.6) is 0 Å². The van der Waals surface area contributed by atoms with Crippen LogP contribution < -0.4 is 0 Å². The van der Waals surface area contributed by atoms with Crippen LogP contribution in [0.1, 0.15) is 0 Å². The zero-order chi connectivity index (χ0) is 8.20. The quantitative estimate of drug-likeness (QED) is 0.591. The summed E-state index contributed by atoms with van der Waals surface area (Å²) in [6.07, 6.45) is 0. The van der Waals surface area contributed by atoms with Crippen molar-refractivity contribution in [3.8, 4) is 0 Å². The minimum atomic E-state index is -2.90. The van der Waals surface area contributed by atoms with Gasteiger partial charge in [0.25, 0.3) is 0 Å². The standard InChI is InChI=1S/C4H9Br2O3P/c1-8-10(7,9-2)4(6)3-5/h4H,3H2,1-2H3. The zero-order valence-electron chi connectivity index (χ0n) is 5.71. The number of halogens is 2. The molecular weight excluding hydrogens is 287 g/mol. The van der Waals surface area contributed by atoms with Crippen LogP contribution in [0.3, 0.4) is 0 Å². The third-order valence-electron chi connectivity index (χ3n) is 0.979. The van der Waals surface area contributed by atoms with Crippen LogP contribution in [-0.4, -0.2) is 24.1 Å². The van der Waals surface area contributed by atoms with Gasteiger partial charge in [0.05, 0.1) is 0 Å². The third kappa shape index (κ3) is 2.62. The van der Waals surface area contributed by atoms with Gasteiger partial charge in [-0.15, -0.1) is 0 Å². The minimum Gasteiger partial charge on any atom is -0.311 e. The van der Waals surface area contributed by atoms with Gasteiger partial charge in [-0.3, -0.25) is 4.57 Å². The lowest BCUT2D eigenvalue weighted by Gasteiger charge is -2.16. The van der Waals surface area contributed by atoms with Crippen molar-refractivity contribution in [1.82, 2.24) is 0 Å². The summed E-state index contributed by atoms with van der Waals surface area (Å²) in [7, 11) is -0.178. The molecule has 0 saturated heterocycles. The molecule has 0 aromatic carbocycles. The fraction of sp³-hybridized carbons (Fsp3) is 1.00. The maximum atomic E-state index is 11.4. The second kappa shape index (κ2) is 4.88. The lowest BCUT2D eigenvalue weighted by molar-refractivity contribution is 0.275. The van der Waals surface area contributed by atoms with Crippen molar-refractivity contribution in [2.45, 2.75) is 4.57 Å². The van der Waals surface area contributed by atoms with E-state index in [-0.39, 0.29) is 4.57 Å². The molecule has 62 valence electrons. The fourth-order valence-electron chi connectivity index (χ4n) is 0.388. The highest BCUT2D eigenvalue weighted by Gasteiger charge is 2.30. The molecule has 1 atom stereocenters. The summed E-state index contributed by atoms with van der Waals surface area (Å²) in [4.78, 5) is 0. The summed E-state index contributed by atoms with van der Waals surface area (Å²) in [5, 5.41) is 0.534. The molecule has 0 aliphatic carbocycles.